The van der Waals surface area contributed by atoms with Crippen LogP contribution in [0.25, 0.3) is 0 Å². The van der Waals surface area contributed by atoms with E-state index in [0.29, 0.717) is 37.3 Å². The van der Waals surface area contributed by atoms with Crippen molar-refractivity contribution in [3.8, 4) is 11.8 Å². The molecule has 0 atom stereocenters. The molecular weight excluding hydrogens is 438 g/mol. The van der Waals surface area contributed by atoms with Gasteiger partial charge in [0.2, 0.25) is 15.9 Å². The first-order valence-corrected chi connectivity index (χ1v) is 11.9. The molecule has 1 N–H and O–H groups in total. The van der Waals surface area contributed by atoms with E-state index in [1.54, 1.807) is 30.3 Å². The summed E-state index contributed by atoms with van der Waals surface area (Å²) in [6.45, 7) is 2.77. The maximum absolute atomic E-state index is 13.0. The van der Waals surface area contributed by atoms with Crippen molar-refractivity contribution in [1.29, 1.82) is 5.26 Å². The average molecular weight is 462 g/mol. The third kappa shape index (κ3) is 5.56. The summed E-state index contributed by atoms with van der Waals surface area (Å²) < 4.78 is 32.7. The molecule has 1 amide bonds. The highest BCUT2D eigenvalue weighted by Gasteiger charge is 2.32. The van der Waals surface area contributed by atoms with Crippen LogP contribution < -0.4 is 10.1 Å². The van der Waals surface area contributed by atoms with Crippen LogP contribution in [0.4, 0.5) is 5.69 Å². The normalized spacial score (nSPS) is 15.3. The van der Waals surface area contributed by atoms with Crippen LogP contribution in [0.15, 0.2) is 47.4 Å². The second kappa shape index (κ2) is 10.1. The van der Waals surface area contributed by atoms with Gasteiger partial charge in [0.15, 0.2) is 0 Å². The van der Waals surface area contributed by atoms with Gasteiger partial charge in [0, 0.05) is 24.7 Å². The quantitative estimate of drug-likeness (QED) is 0.675. The molecule has 0 spiro atoms. The fourth-order valence-corrected chi connectivity index (χ4v) is 5.26. The van der Waals surface area contributed by atoms with Gasteiger partial charge in [-0.1, -0.05) is 23.7 Å². The highest BCUT2D eigenvalue weighted by molar-refractivity contribution is 7.89. The number of hydrogen-bond acceptors (Lipinski definition) is 5. The molecule has 0 radical (unpaired) electrons. The Labute approximate surface area is 187 Å². The first-order chi connectivity index (χ1) is 14.8. The summed E-state index contributed by atoms with van der Waals surface area (Å²) in [6.07, 6.45) is 1.19. The van der Waals surface area contributed by atoms with E-state index in [0.717, 1.165) is 5.56 Å². The number of carbonyl (C=O) groups excluding carboxylic acids is 1. The van der Waals surface area contributed by atoms with E-state index in [4.69, 9.17) is 21.6 Å². The van der Waals surface area contributed by atoms with Crippen LogP contribution in [-0.2, 0) is 21.2 Å². The number of benzene rings is 2. The van der Waals surface area contributed by atoms with E-state index >= 15 is 0 Å². The molecule has 3 rings (SSSR count). The smallest absolute Gasteiger partial charge is 0.243 e. The van der Waals surface area contributed by atoms with Crippen molar-refractivity contribution < 1.29 is 17.9 Å². The maximum Gasteiger partial charge on any atom is 0.243 e. The highest BCUT2D eigenvalue weighted by atomic mass is 35.5. The number of nitrogens with one attached hydrogen (secondary N) is 1. The summed E-state index contributed by atoms with van der Waals surface area (Å²) in [6, 6.07) is 13.7. The number of ether oxygens (including phenoxy) is 1. The molecule has 164 valence electrons. The first-order valence-electron chi connectivity index (χ1n) is 10.0. The number of rotatable bonds is 7. The lowest BCUT2D eigenvalue weighted by atomic mass is 9.97. The first kappa shape index (κ1) is 23.1. The largest absolute Gasteiger partial charge is 0.492 e. The van der Waals surface area contributed by atoms with Crippen molar-refractivity contribution in [2.24, 2.45) is 5.92 Å². The number of anilines is 1. The lowest BCUT2D eigenvalue weighted by Gasteiger charge is -2.30. The Morgan fingerprint density at radius 2 is 1.90 bits per heavy atom. The minimum atomic E-state index is -3.70. The topological polar surface area (TPSA) is 99.5 Å². The lowest BCUT2D eigenvalue weighted by molar-refractivity contribution is -0.120. The van der Waals surface area contributed by atoms with Gasteiger partial charge in [-0.25, -0.2) is 8.42 Å². The van der Waals surface area contributed by atoms with Crippen molar-refractivity contribution >= 4 is 33.2 Å². The van der Waals surface area contributed by atoms with Gasteiger partial charge in [-0.05, 0) is 55.7 Å². The number of hydrogen-bond donors (Lipinski definition) is 1. The second-order valence-electron chi connectivity index (χ2n) is 7.22. The highest BCUT2D eigenvalue weighted by Crippen LogP contribution is 2.30. The van der Waals surface area contributed by atoms with Crippen LogP contribution in [0, 0.1) is 17.2 Å². The van der Waals surface area contributed by atoms with Crippen LogP contribution in [0.3, 0.4) is 0 Å². The Bertz CT molecular complexity index is 1070. The van der Waals surface area contributed by atoms with Crippen LogP contribution in [-0.4, -0.2) is 38.3 Å². The van der Waals surface area contributed by atoms with E-state index < -0.39 is 10.0 Å². The van der Waals surface area contributed by atoms with Gasteiger partial charge in [0.25, 0.3) is 0 Å². The molecule has 1 fully saturated rings. The fraction of sp³-hybridized carbons (Fsp3) is 0.364. The van der Waals surface area contributed by atoms with Crippen molar-refractivity contribution in [2.75, 3.05) is 25.0 Å². The molecule has 2 aromatic rings. The number of nitriles is 1. The summed E-state index contributed by atoms with van der Waals surface area (Å²) >= 11 is 6.15. The molecule has 1 aliphatic rings. The van der Waals surface area contributed by atoms with Crippen LogP contribution in [0.1, 0.15) is 25.3 Å². The van der Waals surface area contributed by atoms with E-state index in [1.165, 1.54) is 16.4 Å². The molecule has 7 nitrogen and oxygen atoms in total. The molecule has 1 saturated heterocycles. The van der Waals surface area contributed by atoms with Gasteiger partial charge >= 0.3 is 0 Å². The van der Waals surface area contributed by atoms with Crippen molar-refractivity contribution in [3.05, 3.63) is 53.1 Å². The lowest BCUT2D eigenvalue weighted by Crippen LogP contribution is -2.41. The Balaban J connectivity index is 1.60. The maximum atomic E-state index is 13.0. The number of amides is 1. The Kier molecular flexibility index (Phi) is 7.55. The summed E-state index contributed by atoms with van der Waals surface area (Å²) in [5.41, 5.74) is 1.54. The summed E-state index contributed by atoms with van der Waals surface area (Å²) in [5, 5.41) is 11.8. The summed E-state index contributed by atoms with van der Waals surface area (Å²) in [5.74, 6) is 0.0440. The zero-order valence-corrected chi connectivity index (χ0v) is 18.7. The van der Waals surface area contributed by atoms with Crippen LogP contribution in [0.2, 0.25) is 5.02 Å². The molecule has 0 bridgehead atoms. The van der Waals surface area contributed by atoms with Crippen molar-refractivity contribution in [3.63, 3.8) is 0 Å². The van der Waals surface area contributed by atoms with Gasteiger partial charge in [-0.2, -0.15) is 9.57 Å². The van der Waals surface area contributed by atoms with E-state index in [9.17, 15) is 13.2 Å². The molecular formula is C22H24ClN3O4S. The molecule has 0 unspecified atom stereocenters. The zero-order chi connectivity index (χ0) is 22.4. The van der Waals surface area contributed by atoms with E-state index in [-0.39, 0.29) is 34.8 Å². The second-order valence-corrected chi connectivity index (χ2v) is 9.57. The Hall–Kier alpha value is -2.60. The number of halogens is 1. The molecule has 0 aromatic heterocycles. The summed E-state index contributed by atoms with van der Waals surface area (Å²) in [4.78, 5) is 12.7. The SMILES string of the molecule is CCOc1ccc(S(=O)(=O)N2CCC(C(=O)Nc3ccc(CC#N)cc3)CC2)cc1Cl. The molecule has 31 heavy (non-hydrogen) atoms. The van der Waals surface area contributed by atoms with Gasteiger partial charge in [-0.3, -0.25) is 4.79 Å². The van der Waals surface area contributed by atoms with Gasteiger partial charge < -0.3 is 10.1 Å². The molecule has 1 aliphatic heterocycles. The summed E-state index contributed by atoms with van der Waals surface area (Å²) in [7, 11) is -3.70. The standard InChI is InChI=1S/C22H24ClN3O4S/c1-2-30-21-8-7-19(15-20(21)23)31(28,29)26-13-10-17(11-14-26)22(27)25-18-5-3-16(4-6-18)9-12-24/h3-8,15,17H,2,9-11,13-14H2,1H3,(H,25,27). The molecule has 1 heterocycles. The Morgan fingerprint density at radius 1 is 1.23 bits per heavy atom. The minimum Gasteiger partial charge on any atom is -0.492 e. The van der Waals surface area contributed by atoms with Crippen LogP contribution in [0.5, 0.6) is 5.75 Å². The number of nitrogens with zero attached hydrogens (tertiary/aromatic N) is 2. The number of piperidine rings is 1. The predicted molar refractivity (Wildman–Crippen MR) is 118 cm³/mol. The average Bonchev–Trinajstić information content (AvgIpc) is 2.77. The Morgan fingerprint density at radius 3 is 2.48 bits per heavy atom. The van der Waals surface area contributed by atoms with Crippen molar-refractivity contribution in [1.82, 2.24) is 4.31 Å². The van der Waals surface area contributed by atoms with Gasteiger partial charge in [0.05, 0.1) is 29.0 Å². The minimum absolute atomic E-state index is 0.112. The fourth-order valence-electron chi connectivity index (χ4n) is 3.46. The monoisotopic (exact) mass is 461 g/mol. The number of sulfonamides is 1. The third-order valence-electron chi connectivity index (χ3n) is 5.17. The third-order valence-corrected chi connectivity index (χ3v) is 7.36. The van der Waals surface area contributed by atoms with Crippen molar-refractivity contribution in [2.45, 2.75) is 31.1 Å². The van der Waals surface area contributed by atoms with Crippen LogP contribution >= 0.6 is 11.6 Å². The molecule has 9 heteroatoms. The molecule has 0 aliphatic carbocycles. The number of carbonyl (C=O) groups is 1. The molecule has 0 saturated carbocycles. The molecule has 2 aromatic carbocycles. The zero-order valence-electron chi connectivity index (χ0n) is 17.2. The van der Waals surface area contributed by atoms with E-state index in [2.05, 4.69) is 11.4 Å². The van der Waals surface area contributed by atoms with Gasteiger partial charge in [0.1, 0.15) is 5.75 Å². The van der Waals surface area contributed by atoms with E-state index in [1.807, 2.05) is 6.92 Å². The van der Waals surface area contributed by atoms with Gasteiger partial charge in [-0.15, -0.1) is 0 Å². The predicted octanol–water partition coefficient (Wildman–Crippen LogP) is 3.84.